The lowest BCUT2D eigenvalue weighted by molar-refractivity contribution is 0.397. The molecular weight excluding hydrogens is 977 g/mol. The van der Waals surface area contributed by atoms with Crippen molar-refractivity contribution in [1.82, 2.24) is 0 Å². The van der Waals surface area contributed by atoms with E-state index in [1.807, 2.05) is 60.7 Å². The summed E-state index contributed by atoms with van der Waals surface area (Å²) in [5.41, 5.74) is 3.70. The zero-order valence-corrected chi connectivity index (χ0v) is 40.7. The minimum absolute atomic E-state index is 0.0487. The Bertz CT molecular complexity index is 3640. The van der Waals surface area contributed by atoms with Crippen LogP contribution in [-0.2, 0) is 49.8 Å². The molecule has 358 valence electrons. The molecule has 14 nitrogen and oxygen atoms in total. The van der Waals surface area contributed by atoms with E-state index in [0.29, 0.717) is 23.0 Å². The number of hydrogen-bond donors (Lipinski definition) is 1. The molecule has 8 rings (SSSR count). The molecule has 0 unspecified atom stereocenters. The van der Waals surface area contributed by atoms with Crippen molar-refractivity contribution < 1.29 is 61.4 Å². The van der Waals surface area contributed by atoms with Crippen molar-refractivity contribution in [3.63, 3.8) is 0 Å². The Kier molecular flexibility index (Phi) is 14.0. The predicted octanol–water partition coefficient (Wildman–Crippen LogP) is 11.1. The molecule has 0 amide bonds. The molecule has 0 radical (unpaired) electrons. The zero-order valence-electron chi connectivity index (χ0n) is 37.4. The highest BCUT2D eigenvalue weighted by molar-refractivity contribution is 7.92. The summed E-state index contributed by atoms with van der Waals surface area (Å²) in [5, 5.41) is 0. The molecule has 70 heavy (non-hydrogen) atoms. The van der Waals surface area contributed by atoms with Gasteiger partial charge in [0.2, 0.25) is 19.7 Å². The maximum absolute atomic E-state index is 13.6. The van der Waals surface area contributed by atoms with Crippen LogP contribution in [0.15, 0.2) is 206 Å². The van der Waals surface area contributed by atoms with Crippen molar-refractivity contribution in [1.29, 1.82) is 0 Å². The first-order valence-corrected chi connectivity index (χ1v) is 27.0. The van der Waals surface area contributed by atoms with Gasteiger partial charge in [-0.25, -0.2) is 16.8 Å². The summed E-state index contributed by atoms with van der Waals surface area (Å²) in [4.78, 5) is -0.916. The maximum atomic E-state index is 13.6. The van der Waals surface area contributed by atoms with Gasteiger partial charge in [0.1, 0.15) is 46.0 Å². The molecule has 0 saturated carbocycles. The molecule has 1 N–H and O–H groups in total. The van der Waals surface area contributed by atoms with Crippen molar-refractivity contribution in [2.45, 2.75) is 37.2 Å². The summed E-state index contributed by atoms with van der Waals surface area (Å²) in [7, 11) is -14.6. The molecule has 0 saturated heterocycles. The summed E-state index contributed by atoms with van der Waals surface area (Å²) in [6, 6.07) is 48.4. The fraction of sp³-hybridized carbons (Fsp3) is 0.0769. The minimum Gasteiger partial charge on any atom is -0.497 e. The van der Waals surface area contributed by atoms with Gasteiger partial charge in [-0.2, -0.15) is 16.8 Å². The molecule has 0 aliphatic heterocycles. The van der Waals surface area contributed by atoms with Crippen LogP contribution in [0.5, 0.6) is 40.2 Å². The SMILES string of the molecule is COc1ccc(-c2ccc(Oc3ccc(S(=O)(=O)c4ccc(Oc5ccc(-c6ccc(Oc7ccc(S(=O)(=O)c8ccc(C)c(S(=O)(=O)OC)c8)cc7CS(=O)(=O)O)cc6)cc5)cc4)cc3)cc2)cc1. The van der Waals surface area contributed by atoms with E-state index in [1.54, 1.807) is 67.8 Å². The van der Waals surface area contributed by atoms with E-state index >= 15 is 0 Å². The molecule has 8 aromatic carbocycles. The maximum Gasteiger partial charge on any atom is 0.297 e. The zero-order chi connectivity index (χ0) is 49.8. The summed E-state index contributed by atoms with van der Waals surface area (Å²) in [6.07, 6.45) is 0. The molecular formula is C52H42O14S4. The Hall–Kier alpha value is -7.32. The Morgan fingerprint density at radius 1 is 0.400 bits per heavy atom. The van der Waals surface area contributed by atoms with Gasteiger partial charge in [0, 0.05) is 5.56 Å². The van der Waals surface area contributed by atoms with Crippen molar-refractivity contribution in [3.05, 3.63) is 193 Å². The molecule has 18 heteroatoms. The van der Waals surface area contributed by atoms with E-state index in [-0.39, 0.29) is 47.1 Å². The molecule has 0 aromatic heterocycles. The van der Waals surface area contributed by atoms with Crippen LogP contribution in [0.25, 0.3) is 22.3 Å². The molecule has 0 aliphatic carbocycles. The quantitative estimate of drug-likeness (QED) is 0.0666. The number of benzene rings is 8. The van der Waals surface area contributed by atoms with E-state index < -0.39 is 45.7 Å². The van der Waals surface area contributed by atoms with E-state index in [2.05, 4.69) is 4.18 Å². The molecule has 0 fully saturated rings. The first-order valence-electron chi connectivity index (χ1n) is 21.0. The van der Waals surface area contributed by atoms with Gasteiger partial charge in [0.15, 0.2) is 0 Å². The minimum atomic E-state index is -4.67. The van der Waals surface area contributed by atoms with Gasteiger partial charge < -0.3 is 18.9 Å². The molecule has 0 atom stereocenters. The normalized spacial score (nSPS) is 12.0. The molecule has 0 aliphatic rings. The monoisotopic (exact) mass is 1020 g/mol. The van der Waals surface area contributed by atoms with Gasteiger partial charge in [0.25, 0.3) is 20.2 Å². The topological polar surface area (TPSA) is 203 Å². The number of hydrogen-bond acceptors (Lipinski definition) is 13. The van der Waals surface area contributed by atoms with Crippen LogP contribution < -0.4 is 18.9 Å². The second kappa shape index (κ2) is 20.0. The van der Waals surface area contributed by atoms with Gasteiger partial charge in [-0.3, -0.25) is 8.74 Å². The lowest BCUT2D eigenvalue weighted by Gasteiger charge is -2.14. The first-order chi connectivity index (χ1) is 33.3. The average molecular weight is 1020 g/mol. The van der Waals surface area contributed by atoms with E-state index in [4.69, 9.17) is 18.9 Å². The van der Waals surface area contributed by atoms with Crippen LogP contribution in [0, 0.1) is 6.92 Å². The molecule has 0 spiro atoms. The van der Waals surface area contributed by atoms with Crippen molar-refractivity contribution in [3.8, 4) is 62.5 Å². The highest BCUT2D eigenvalue weighted by Crippen LogP contribution is 2.35. The standard InChI is InChI=1S/C52H42O14S4/c1-35-4-25-50(33-52(35)70(60,61)63-3)69(58,59)49-30-31-51(40(32-49)34-67(53,54)55)66-46-19-11-39(12-20-46)38-9-17-43(18-10-38)65-45-23-28-48(29-24-45)68(56,57)47-26-21-44(22-27-47)64-42-15-7-37(8-16-42)36-5-13-41(62-2)14-6-36/h4-33H,34H2,1-3H3,(H,53,54,55). The first kappa shape index (κ1) is 49.1. The Morgan fingerprint density at radius 3 is 1.14 bits per heavy atom. The highest BCUT2D eigenvalue weighted by Gasteiger charge is 2.26. The van der Waals surface area contributed by atoms with Crippen molar-refractivity contribution >= 4 is 39.9 Å². The van der Waals surface area contributed by atoms with Gasteiger partial charge in [0.05, 0.1) is 38.7 Å². The lowest BCUT2D eigenvalue weighted by atomic mass is 10.1. The van der Waals surface area contributed by atoms with E-state index in [9.17, 15) is 38.2 Å². The second-order valence-corrected chi connectivity index (χ2v) is 22.6. The van der Waals surface area contributed by atoms with Crippen LogP contribution in [0.2, 0.25) is 0 Å². The van der Waals surface area contributed by atoms with Gasteiger partial charge >= 0.3 is 0 Å². The molecule has 0 bridgehead atoms. The van der Waals surface area contributed by atoms with Crippen LogP contribution in [-0.4, -0.2) is 52.4 Å². The largest absolute Gasteiger partial charge is 0.497 e. The third-order valence-electron chi connectivity index (χ3n) is 10.9. The smallest absolute Gasteiger partial charge is 0.297 e. The van der Waals surface area contributed by atoms with Gasteiger partial charge in [-0.1, -0.05) is 54.6 Å². The Balaban J connectivity index is 0.892. The molecule has 0 heterocycles. The van der Waals surface area contributed by atoms with Gasteiger partial charge in [-0.05, 0) is 162 Å². The third kappa shape index (κ3) is 11.2. The van der Waals surface area contributed by atoms with Crippen molar-refractivity contribution in [2.24, 2.45) is 0 Å². The van der Waals surface area contributed by atoms with Crippen LogP contribution in [0.4, 0.5) is 0 Å². The third-order valence-corrected chi connectivity index (χ3v) is 16.6. The van der Waals surface area contributed by atoms with Crippen LogP contribution in [0.1, 0.15) is 11.1 Å². The van der Waals surface area contributed by atoms with Crippen LogP contribution in [0.3, 0.4) is 0 Å². The Labute approximate surface area is 406 Å². The number of rotatable bonds is 17. The van der Waals surface area contributed by atoms with Gasteiger partial charge in [-0.15, -0.1) is 0 Å². The fourth-order valence-corrected chi connectivity index (χ4v) is 11.4. The van der Waals surface area contributed by atoms with E-state index in [1.165, 1.54) is 55.5 Å². The van der Waals surface area contributed by atoms with Crippen LogP contribution >= 0.6 is 0 Å². The average Bonchev–Trinajstić information content (AvgIpc) is 3.35. The fourth-order valence-electron chi connectivity index (χ4n) is 7.21. The lowest BCUT2D eigenvalue weighted by Crippen LogP contribution is -2.09. The summed E-state index contributed by atoms with van der Waals surface area (Å²) in [5.74, 6) is 1.99. The number of ether oxygens (including phenoxy) is 4. The predicted molar refractivity (Wildman–Crippen MR) is 261 cm³/mol. The summed E-state index contributed by atoms with van der Waals surface area (Å²) in [6.45, 7) is 1.48. The second-order valence-electron chi connectivity index (χ2n) is 15.6. The summed E-state index contributed by atoms with van der Waals surface area (Å²) < 4.78 is 141. The number of sulfone groups is 2. The Morgan fingerprint density at radius 2 is 0.743 bits per heavy atom. The van der Waals surface area contributed by atoms with E-state index in [0.717, 1.165) is 47.2 Å². The molecule has 8 aromatic rings. The number of aryl methyl sites for hydroxylation is 1. The highest BCUT2D eigenvalue weighted by atomic mass is 32.2. The summed E-state index contributed by atoms with van der Waals surface area (Å²) >= 11 is 0. The number of methoxy groups -OCH3 is 1. The van der Waals surface area contributed by atoms with Crippen molar-refractivity contribution in [2.75, 3.05) is 14.2 Å².